The molecule has 0 saturated carbocycles. The van der Waals surface area contributed by atoms with E-state index in [1.165, 1.54) is 0 Å². The van der Waals surface area contributed by atoms with Crippen molar-refractivity contribution in [2.24, 2.45) is 5.73 Å². The molecule has 2 rings (SSSR count). The van der Waals surface area contributed by atoms with Gasteiger partial charge >= 0.3 is 0 Å². The normalized spacial score (nSPS) is 10.5. The number of thiocarbonyl (C=S) groups is 1. The second-order valence-corrected chi connectivity index (χ2v) is 6.99. The summed E-state index contributed by atoms with van der Waals surface area (Å²) < 4.78 is 0.743. The third-order valence-electron chi connectivity index (χ3n) is 2.80. The van der Waals surface area contributed by atoms with Gasteiger partial charge in [0.25, 0.3) is 0 Å². The Morgan fingerprint density at radius 2 is 1.90 bits per heavy atom. The SMILES string of the molecule is CSc1cccc(Nc2ccc(Br)c(Cl)c2Cl)c1C(N)=S. The van der Waals surface area contributed by atoms with Gasteiger partial charge < -0.3 is 11.1 Å². The summed E-state index contributed by atoms with van der Waals surface area (Å²) in [5.74, 6) is 0. The molecule has 21 heavy (non-hydrogen) atoms. The van der Waals surface area contributed by atoms with Crippen molar-refractivity contribution in [2.75, 3.05) is 11.6 Å². The molecule has 0 aliphatic rings. The molecule has 0 radical (unpaired) electrons. The van der Waals surface area contributed by atoms with Crippen LogP contribution < -0.4 is 11.1 Å². The molecule has 0 bridgehead atoms. The predicted molar refractivity (Wildman–Crippen MR) is 102 cm³/mol. The minimum Gasteiger partial charge on any atom is -0.389 e. The fraction of sp³-hybridized carbons (Fsp3) is 0.0714. The minimum atomic E-state index is 0.335. The highest BCUT2D eigenvalue weighted by atomic mass is 79.9. The van der Waals surface area contributed by atoms with Crippen LogP contribution >= 0.6 is 63.1 Å². The molecule has 110 valence electrons. The Kier molecular flexibility index (Phi) is 5.80. The highest BCUT2D eigenvalue weighted by Crippen LogP contribution is 2.38. The Labute approximate surface area is 151 Å². The molecule has 0 aromatic heterocycles. The van der Waals surface area contributed by atoms with E-state index in [0.717, 1.165) is 20.6 Å². The van der Waals surface area contributed by atoms with Gasteiger partial charge in [-0.1, -0.05) is 41.5 Å². The molecule has 2 aromatic carbocycles. The molecule has 0 fully saturated rings. The number of halogens is 3. The summed E-state index contributed by atoms with van der Waals surface area (Å²) in [4.78, 5) is 1.34. The summed E-state index contributed by atoms with van der Waals surface area (Å²) in [6.07, 6.45) is 1.98. The number of nitrogens with two attached hydrogens (primary N) is 1. The lowest BCUT2D eigenvalue weighted by atomic mass is 10.1. The maximum atomic E-state index is 6.26. The van der Waals surface area contributed by atoms with Gasteiger partial charge in [0.2, 0.25) is 0 Å². The maximum absolute atomic E-state index is 6.26. The van der Waals surface area contributed by atoms with Gasteiger partial charge in [-0.3, -0.25) is 0 Å². The molecule has 3 N–H and O–H groups in total. The van der Waals surface area contributed by atoms with E-state index in [2.05, 4.69) is 21.2 Å². The van der Waals surface area contributed by atoms with Crippen LogP contribution in [0.1, 0.15) is 5.56 Å². The summed E-state index contributed by atoms with van der Waals surface area (Å²) in [6.45, 7) is 0. The lowest BCUT2D eigenvalue weighted by Crippen LogP contribution is -2.13. The molecule has 0 aliphatic heterocycles. The van der Waals surface area contributed by atoms with E-state index < -0.39 is 0 Å². The lowest BCUT2D eigenvalue weighted by Gasteiger charge is -2.16. The number of hydrogen-bond acceptors (Lipinski definition) is 3. The van der Waals surface area contributed by atoms with Crippen molar-refractivity contribution in [3.8, 4) is 0 Å². The van der Waals surface area contributed by atoms with Crippen LogP contribution in [0.15, 0.2) is 39.7 Å². The number of hydrogen-bond donors (Lipinski definition) is 2. The quantitative estimate of drug-likeness (QED) is 0.368. The Hall–Kier alpha value is -0.460. The Morgan fingerprint density at radius 3 is 2.52 bits per heavy atom. The van der Waals surface area contributed by atoms with Crippen molar-refractivity contribution in [2.45, 2.75) is 4.90 Å². The fourth-order valence-corrected chi connectivity index (χ4v) is 3.57. The first-order chi connectivity index (χ1) is 9.95. The molecule has 0 saturated heterocycles. The van der Waals surface area contributed by atoms with E-state index in [1.807, 2.05) is 36.6 Å². The van der Waals surface area contributed by atoms with Crippen molar-refractivity contribution in [1.82, 2.24) is 0 Å². The zero-order valence-electron chi connectivity index (χ0n) is 10.9. The lowest BCUT2D eigenvalue weighted by molar-refractivity contribution is 1.39. The Morgan fingerprint density at radius 1 is 1.19 bits per heavy atom. The number of anilines is 2. The number of benzene rings is 2. The average molecular weight is 422 g/mol. The zero-order valence-corrected chi connectivity index (χ0v) is 15.6. The van der Waals surface area contributed by atoms with Crippen LogP contribution in [0.2, 0.25) is 10.0 Å². The summed E-state index contributed by atoms with van der Waals surface area (Å²) >= 11 is 22.5. The van der Waals surface area contributed by atoms with Gasteiger partial charge in [0.05, 0.1) is 15.7 Å². The van der Waals surface area contributed by atoms with E-state index in [4.69, 9.17) is 41.2 Å². The van der Waals surface area contributed by atoms with Gasteiger partial charge in [-0.25, -0.2) is 0 Å². The van der Waals surface area contributed by atoms with Gasteiger partial charge in [-0.15, -0.1) is 11.8 Å². The molecular formula is C14H11BrCl2N2S2. The van der Waals surface area contributed by atoms with Crippen LogP contribution in [-0.4, -0.2) is 11.2 Å². The molecule has 0 heterocycles. The molecule has 0 atom stereocenters. The highest BCUT2D eigenvalue weighted by Gasteiger charge is 2.14. The fourth-order valence-electron chi connectivity index (χ4n) is 1.83. The van der Waals surface area contributed by atoms with E-state index in [0.29, 0.717) is 20.7 Å². The average Bonchev–Trinajstić information content (AvgIpc) is 2.47. The molecular weight excluding hydrogens is 411 g/mol. The van der Waals surface area contributed by atoms with Gasteiger partial charge in [0, 0.05) is 20.6 Å². The third-order valence-corrected chi connectivity index (χ3v) is 5.55. The summed E-state index contributed by atoms with van der Waals surface area (Å²) in [7, 11) is 0. The van der Waals surface area contributed by atoms with Gasteiger partial charge in [-0.05, 0) is 46.5 Å². The molecule has 7 heteroatoms. The van der Waals surface area contributed by atoms with Crippen molar-refractivity contribution < 1.29 is 0 Å². The molecule has 0 unspecified atom stereocenters. The molecule has 2 nitrogen and oxygen atoms in total. The van der Waals surface area contributed by atoms with Crippen LogP contribution in [0.3, 0.4) is 0 Å². The smallest absolute Gasteiger partial charge is 0.107 e. The zero-order chi connectivity index (χ0) is 15.6. The monoisotopic (exact) mass is 420 g/mol. The van der Waals surface area contributed by atoms with Crippen LogP contribution in [0.4, 0.5) is 11.4 Å². The topological polar surface area (TPSA) is 38.0 Å². The van der Waals surface area contributed by atoms with Crippen molar-refractivity contribution >= 4 is 79.5 Å². The van der Waals surface area contributed by atoms with Gasteiger partial charge in [0.15, 0.2) is 0 Å². The van der Waals surface area contributed by atoms with Gasteiger partial charge in [0.1, 0.15) is 4.99 Å². The molecule has 0 aliphatic carbocycles. The number of rotatable bonds is 4. The van der Waals surface area contributed by atoms with Gasteiger partial charge in [-0.2, -0.15) is 0 Å². The standard InChI is InChI=1S/C14H11BrCl2N2S2/c1-21-10-4-2-3-8(11(10)14(18)20)19-9-6-5-7(15)12(16)13(9)17/h2-6,19H,1H3,(H2,18,20). The van der Waals surface area contributed by atoms with Crippen LogP contribution in [-0.2, 0) is 0 Å². The molecule has 0 amide bonds. The second-order valence-electron chi connectivity index (χ2n) is 4.09. The van der Waals surface area contributed by atoms with E-state index >= 15 is 0 Å². The third kappa shape index (κ3) is 3.66. The Balaban J connectivity index is 2.50. The first-order valence-electron chi connectivity index (χ1n) is 5.83. The predicted octanol–water partition coefficient (Wildman–Crippen LogP) is 5.86. The van der Waals surface area contributed by atoms with Crippen molar-refractivity contribution in [3.63, 3.8) is 0 Å². The van der Waals surface area contributed by atoms with Crippen LogP contribution in [0, 0.1) is 0 Å². The van der Waals surface area contributed by atoms with Crippen LogP contribution in [0.5, 0.6) is 0 Å². The Bertz CT molecular complexity index is 708. The first kappa shape index (κ1) is 16.9. The largest absolute Gasteiger partial charge is 0.389 e. The second kappa shape index (κ2) is 7.20. The van der Waals surface area contributed by atoms with E-state index in [-0.39, 0.29) is 0 Å². The molecule has 0 spiro atoms. The summed E-state index contributed by atoms with van der Waals surface area (Å²) in [5, 5.41) is 4.14. The minimum absolute atomic E-state index is 0.335. The summed E-state index contributed by atoms with van der Waals surface area (Å²) in [6, 6.07) is 9.48. The van der Waals surface area contributed by atoms with E-state index in [1.54, 1.807) is 11.8 Å². The maximum Gasteiger partial charge on any atom is 0.107 e. The van der Waals surface area contributed by atoms with Crippen LogP contribution in [0.25, 0.3) is 0 Å². The number of thioether (sulfide) groups is 1. The highest BCUT2D eigenvalue weighted by molar-refractivity contribution is 9.10. The number of nitrogens with one attached hydrogen (secondary N) is 1. The molecule has 2 aromatic rings. The van der Waals surface area contributed by atoms with Crippen molar-refractivity contribution in [1.29, 1.82) is 0 Å². The first-order valence-corrected chi connectivity index (χ1v) is 9.01. The van der Waals surface area contributed by atoms with Crippen molar-refractivity contribution in [3.05, 3.63) is 50.4 Å². The summed E-state index contributed by atoms with van der Waals surface area (Å²) in [5.41, 5.74) is 8.14. The van der Waals surface area contributed by atoms with E-state index in [9.17, 15) is 0 Å².